The molecule has 3 rings (SSSR count). The van der Waals surface area contributed by atoms with Gasteiger partial charge in [0.05, 0.1) is 27.7 Å². The monoisotopic (exact) mass is 462 g/mol. The first kappa shape index (κ1) is 22.6. The number of hydrogen-bond acceptors (Lipinski definition) is 5. The zero-order valence-electron chi connectivity index (χ0n) is 16.0. The summed E-state index contributed by atoms with van der Waals surface area (Å²) < 4.78 is 34.3. The largest absolute Gasteiger partial charge is 0.478 e. The number of carboxylic acids is 1. The number of anilines is 1. The Morgan fingerprint density at radius 1 is 1.09 bits per heavy atom. The summed E-state index contributed by atoms with van der Waals surface area (Å²) in [5.41, 5.74) is -0.968. The maximum atomic E-state index is 14.6. The molecule has 11 heteroatoms. The van der Waals surface area contributed by atoms with Gasteiger partial charge in [-0.2, -0.15) is 0 Å². The van der Waals surface area contributed by atoms with Gasteiger partial charge in [0.1, 0.15) is 11.6 Å². The predicted octanol–water partition coefficient (Wildman–Crippen LogP) is 5.43. The van der Waals surface area contributed by atoms with E-state index in [1.165, 1.54) is 30.3 Å². The topological polar surface area (TPSA) is 110 Å². The Kier molecular flexibility index (Phi) is 6.64. The SMILES string of the molecule is O=C(O)c1ccc(CN(C(=O)Oc2ccc([N+](=O)[O-])cc2)c2cccc(Cl)c2F)c(F)c1. The summed E-state index contributed by atoms with van der Waals surface area (Å²) in [7, 11) is 0. The fourth-order valence-electron chi connectivity index (χ4n) is 2.72. The lowest BCUT2D eigenvalue weighted by Gasteiger charge is -2.23. The number of carbonyl (C=O) groups is 2. The Morgan fingerprint density at radius 3 is 2.38 bits per heavy atom. The second-order valence-electron chi connectivity index (χ2n) is 6.39. The van der Waals surface area contributed by atoms with Gasteiger partial charge >= 0.3 is 12.1 Å². The predicted molar refractivity (Wildman–Crippen MR) is 110 cm³/mol. The average molecular weight is 463 g/mol. The van der Waals surface area contributed by atoms with Crippen LogP contribution < -0.4 is 9.64 Å². The molecule has 0 aliphatic carbocycles. The molecule has 3 aromatic rings. The summed E-state index contributed by atoms with van der Waals surface area (Å²) in [5.74, 6) is -3.31. The van der Waals surface area contributed by atoms with Crippen LogP contribution >= 0.6 is 11.6 Å². The lowest BCUT2D eigenvalue weighted by molar-refractivity contribution is -0.384. The molecule has 1 N–H and O–H groups in total. The lowest BCUT2D eigenvalue weighted by Crippen LogP contribution is -2.34. The van der Waals surface area contributed by atoms with Crippen molar-refractivity contribution in [3.8, 4) is 5.75 Å². The molecule has 0 aliphatic rings. The van der Waals surface area contributed by atoms with E-state index in [0.717, 1.165) is 35.2 Å². The molecular formula is C21H13ClF2N2O6. The number of rotatable bonds is 6. The zero-order valence-corrected chi connectivity index (χ0v) is 16.8. The van der Waals surface area contributed by atoms with Crippen molar-refractivity contribution in [3.05, 3.63) is 98.6 Å². The van der Waals surface area contributed by atoms with Crippen LogP contribution in [0.5, 0.6) is 5.75 Å². The Balaban J connectivity index is 1.95. The first-order valence-electron chi connectivity index (χ1n) is 8.87. The Labute approximate surface area is 184 Å². The molecule has 0 saturated heterocycles. The van der Waals surface area contributed by atoms with Crippen molar-refractivity contribution >= 4 is 35.0 Å². The first-order valence-corrected chi connectivity index (χ1v) is 9.24. The van der Waals surface area contributed by atoms with E-state index < -0.39 is 35.2 Å². The van der Waals surface area contributed by atoms with Crippen LogP contribution in [-0.4, -0.2) is 22.1 Å². The number of amides is 1. The van der Waals surface area contributed by atoms with E-state index in [0.29, 0.717) is 0 Å². The van der Waals surface area contributed by atoms with Crippen molar-refractivity contribution in [2.75, 3.05) is 4.90 Å². The van der Waals surface area contributed by atoms with Gasteiger partial charge in [-0.05, 0) is 36.4 Å². The third kappa shape index (κ3) is 4.98. The number of nitro groups is 1. The van der Waals surface area contributed by atoms with E-state index in [1.54, 1.807) is 0 Å². The number of aromatic carboxylic acids is 1. The van der Waals surface area contributed by atoms with Crippen LogP contribution in [0.1, 0.15) is 15.9 Å². The highest BCUT2D eigenvalue weighted by molar-refractivity contribution is 6.31. The van der Waals surface area contributed by atoms with Crippen LogP contribution in [0.4, 0.5) is 25.0 Å². The summed E-state index contributed by atoms with van der Waals surface area (Å²) in [5, 5.41) is 19.4. The molecule has 0 aromatic heterocycles. The van der Waals surface area contributed by atoms with E-state index in [-0.39, 0.29) is 33.3 Å². The number of non-ortho nitro benzene ring substituents is 1. The minimum Gasteiger partial charge on any atom is -0.478 e. The van der Waals surface area contributed by atoms with E-state index in [9.17, 15) is 28.5 Å². The molecule has 0 atom stereocenters. The smallest absolute Gasteiger partial charge is 0.420 e. The highest BCUT2D eigenvalue weighted by atomic mass is 35.5. The van der Waals surface area contributed by atoms with Gasteiger partial charge in [0.2, 0.25) is 0 Å². The molecule has 3 aromatic carbocycles. The van der Waals surface area contributed by atoms with Gasteiger partial charge in [0.15, 0.2) is 5.82 Å². The number of carboxylic acid groups (broad SMARTS) is 1. The molecule has 0 heterocycles. The fraction of sp³-hybridized carbons (Fsp3) is 0.0476. The van der Waals surface area contributed by atoms with Crippen molar-refractivity contribution in [2.45, 2.75) is 6.54 Å². The highest BCUT2D eigenvalue weighted by Crippen LogP contribution is 2.29. The maximum Gasteiger partial charge on any atom is 0.420 e. The van der Waals surface area contributed by atoms with Crippen molar-refractivity contribution in [2.24, 2.45) is 0 Å². The number of ether oxygens (including phenoxy) is 1. The standard InChI is InChI=1S/C21H13ClF2N2O6/c22-16-2-1-3-18(19(16)24)25(11-13-5-4-12(20(27)28)10-17(13)23)21(29)32-15-8-6-14(7-9-15)26(30)31/h1-10H,11H2,(H,27,28). The summed E-state index contributed by atoms with van der Waals surface area (Å²) >= 11 is 5.80. The molecule has 0 bridgehead atoms. The van der Waals surface area contributed by atoms with Gasteiger partial charge in [-0.3, -0.25) is 15.0 Å². The number of nitrogens with zero attached hydrogens (tertiary/aromatic N) is 2. The molecule has 164 valence electrons. The Hall–Kier alpha value is -4.05. The number of nitro benzene ring substituents is 1. The van der Waals surface area contributed by atoms with Gasteiger partial charge < -0.3 is 9.84 Å². The van der Waals surface area contributed by atoms with E-state index >= 15 is 0 Å². The minimum atomic E-state index is -1.34. The number of hydrogen-bond donors (Lipinski definition) is 1. The molecule has 1 amide bonds. The lowest BCUT2D eigenvalue weighted by atomic mass is 10.1. The van der Waals surface area contributed by atoms with Crippen LogP contribution in [0.15, 0.2) is 60.7 Å². The summed E-state index contributed by atoms with van der Waals surface area (Å²) in [6.07, 6.45) is -1.12. The number of halogens is 3. The van der Waals surface area contributed by atoms with Crippen LogP contribution in [0.3, 0.4) is 0 Å². The third-order valence-corrected chi connectivity index (χ3v) is 4.62. The van der Waals surface area contributed by atoms with Gasteiger partial charge in [-0.25, -0.2) is 18.4 Å². The molecule has 0 saturated carbocycles. The minimum absolute atomic E-state index is 0.0743. The molecule has 0 aliphatic heterocycles. The maximum absolute atomic E-state index is 14.6. The van der Waals surface area contributed by atoms with Gasteiger partial charge in [0.25, 0.3) is 5.69 Å². The van der Waals surface area contributed by atoms with Crippen molar-refractivity contribution < 1.29 is 33.1 Å². The van der Waals surface area contributed by atoms with Gasteiger partial charge in [-0.15, -0.1) is 0 Å². The third-order valence-electron chi connectivity index (χ3n) is 4.32. The fourth-order valence-corrected chi connectivity index (χ4v) is 2.89. The van der Waals surface area contributed by atoms with Crippen molar-refractivity contribution in [1.82, 2.24) is 0 Å². The van der Waals surface area contributed by atoms with E-state index in [4.69, 9.17) is 21.4 Å². The second kappa shape index (κ2) is 9.40. The summed E-state index contributed by atoms with van der Waals surface area (Å²) in [4.78, 5) is 34.7. The molecule has 0 fully saturated rings. The zero-order chi connectivity index (χ0) is 23.4. The van der Waals surface area contributed by atoms with Crippen LogP contribution in [0.25, 0.3) is 0 Å². The normalized spacial score (nSPS) is 10.5. The number of benzene rings is 3. The second-order valence-corrected chi connectivity index (χ2v) is 6.80. The molecule has 32 heavy (non-hydrogen) atoms. The number of carbonyl (C=O) groups excluding carboxylic acids is 1. The van der Waals surface area contributed by atoms with Crippen molar-refractivity contribution in [3.63, 3.8) is 0 Å². The molecule has 0 spiro atoms. The van der Waals surface area contributed by atoms with E-state index in [1.807, 2.05) is 0 Å². The van der Waals surface area contributed by atoms with Crippen LogP contribution in [0.2, 0.25) is 5.02 Å². The molecular weight excluding hydrogens is 450 g/mol. The van der Waals surface area contributed by atoms with Crippen molar-refractivity contribution in [1.29, 1.82) is 0 Å². The first-order chi connectivity index (χ1) is 15.2. The molecule has 8 nitrogen and oxygen atoms in total. The van der Waals surface area contributed by atoms with E-state index in [2.05, 4.69) is 0 Å². The summed E-state index contributed by atoms with van der Waals surface area (Å²) in [6, 6.07) is 11.5. The summed E-state index contributed by atoms with van der Waals surface area (Å²) in [6.45, 7) is -0.519. The quantitative estimate of drug-likeness (QED) is 0.386. The van der Waals surface area contributed by atoms with Crippen LogP contribution in [-0.2, 0) is 6.54 Å². The highest BCUT2D eigenvalue weighted by Gasteiger charge is 2.25. The molecule has 0 radical (unpaired) electrons. The Morgan fingerprint density at radius 2 is 1.78 bits per heavy atom. The van der Waals surface area contributed by atoms with Gasteiger partial charge in [0, 0.05) is 17.7 Å². The van der Waals surface area contributed by atoms with Crippen LogP contribution in [0, 0.1) is 21.7 Å². The molecule has 0 unspecified atom stereocenters. The average Bonchev–Trinajstić information content (AvgIpc) is 2.75. The van der Waals surface area contributed by atoms with Gasteiger partial charge in [-0.1, -0.05) is 23.7 Å². The Bertz CT molecular complexity index is 1200.